The van der Waals surface area contributed by atoms with E-state index < -0.39 is 15.9 Å². The number of nitrogens with zero attached hydrogens (tertiary/aromatic N) is 1. The molecule has 0 saturated carbocycles. The van der Waals surface area contributed by atoms with Gasteiger partial charge in [0.1, 0.15) is 18.9 Å². The second-order valence-electron chi connectivity index (χ2n) is 6.62. The SMILES string of the molecule is Cc1ccc(C)c(OCCNC(=O)CN(c2cccc(Cl)c2C)S(C)(=O)=O)c1. The topological polar surface area (TPSA) is 75.7 Å². The van der Waals surface area contributed by atoms with E-state index in [1.165, 1.54) is 0 Å². The van der Waals surface area contributed by atoms with Crippen molar-refractivity contribution in [2.24, 2.45) is 0 Å². The maximum atomic E-state index is 12.3. The summed E-state index contributed by atoms with van der Waals surface area (Å²) in [7, 11) is -3.65. The fourth-order valence-corrected chi connectivity index (χ4v) is 3.72. The summed E-state index contributed by atoms with van der Waals surface area (Å²) in [6, 6.07) is 10.9. The van der Waals surface area contributed by atoms with Gasteiger partial charge in [-0.15, -0.1) is 0 Å². The quantitative estimate of drug-likeness (QED) is 0.660. The molecule has 0 bridgehead atoms. The molecular formula is C20H25ClN2O4S. The Hall–Kier alpha value is -2.25. The van der Waals surface area contributed by atoms with Crippen molar-refractivity contribution in [2.75, 3.05) is 30.3 Å². The van der Waals surface area contributed by atoms with E-state index in [1.807, 2.05) is 32.0 Å². The zero-order valence-electron chi connectivity index (χ0n) is 16.5. The Balaban J connectivity index is 1.97. The van der Waals surface area contributed by atoms with Crippen LogP contribution < -0.4 is 14.4 Å². The fraction of sp³-hybridized carbons (Fsp3) is 0.350. The highest BCUT2D eigenvalue weighted by Crippen LogP contribution is 2.28. The van der Waals surface area contributed by atoms with Crippen LogP contribution >= 0.6 is 11.6 Å². The maximum absolute atomic E-state index is 12.3. The highest BCUT2D eigenvalue weighted by Gasteiger charge is 2.22. The number of benzene rings is 2. The third kappa shape index (κ3) is 5.87. The van der Waals surface area contributed by atoms with E-state index in [0.717, 1.165) is 27.4 Å². The largest absolute Gasteiger partial charge is 0.491 e. The van der Waals surface area contributed by atoms with Crippen LogP contribution in [0.15, 0.2) is 36.4 Å². The molecule has 0 heterocycles. The predicted octanol–water partition coefficient (Wildman–Crippen LogP) is 3.23. The van der Waals surface area contributed by atoms with Crippen molar-refractivity contribution in [2.45, 2.75) is 20.8 Å². The van der Waals surface area contributed by atoms with Gasteiger partial charge in [0.15, 0.2) is 0 Å². The van der Waals surface area contributed by atoms with E-state index in [2.05, 4.69) is 5.32 Å². The molecule has 0 aliphatic rings. The van der Waals surface area contributed by atoms with Crippen LogP contribution in [-0.4, -0.2) is 40.3 Å². The van der Waals surface area contributed by atoms with E-state index in [0.29, 0.717) is 16.3 Å². The van der Waals surface area contributed by atoms with E-state index >= 15 is 0 Å². The molecule has 0 spiro atoms. The number of nitrogens with one attached hydrogen (secondary N) is 1. The minimum absolute atomic E-state index is 0.262. The number of rotatable bonds is 8. The average molecular weight is 425 g/mol. The van der Waals surface area contributed by atoms with Gasteiger partial charge in [0.05, 0.1) is 18.5 Å². The van der Waals surface area contributed by atoms with Gasteiger partial charge in [0.25, 0.3) is 0 Å². The summed E-state index contributed by atoms with van der Waals surface area (Å²) in [5, 5.41) is 3.13. The van der Waals surface area contributed by atoms with Gasteiger partial charge in [0, 0.05) is 5.02 Å². The second-order valence-corrected chi connectivity index (χ2v) is 8.93. The Bertz CT molecular complexity index is 961. The third-order valence-corrected chi connectivity index (χ3v) is 5.76. The highest BCUT2D eigenvalue weighted by molar-refractivity contribution is 7.92. The summed E-state index contributed by atoms with van der Waals surface area (Å²) in [5.41, 5.74) is 3.08. The van der Waals surface area contributed by atoms with Crippen LogP contribution in [0.4, 0.5) is 5.69 Å². The molecule has 2 aromatic carbocycles. The summed E-state index contributed by atoms with van der Waals surface area (Å²) in [6.45, 7) is 5.86. The van der Waals surface area contributed by atoms with Crippen molar-refractivity contribution in [3.63, 3.8) is 0 Å². The van der Waals surface area contributed by atoms with Crippen LogP contribution in [0, 0.1) is 20.8 Å². The monoisotopic (exact) mass is 424 g/mol. The summed E-state index contributed by atoms with van der Waals surface area (Å²) < 4.78 is 31.1. The minimum atomic E-state index is -3.65. The summed E-state index contributed by atoms with van der Waals surface area (Å²) >= 11 is 6.09. The van der Waals surface area contributed by atoms with Gasteiger partial charge in [-0.25, -0.2) is 8.42 Å². The molecule has 152 valence electrons. The van der Waals surface area contributed by atoms with Crippen LogP contribution in [-0.2, 0) is 14.8 Å². The molecule has 2 aromatic rings. The number of halogens is 1. The molecule has 0 unspecified atom stereocenters. The van der Waals surface area contributed by atoms with Gasteiger partial charge in [0.2, 0.25) is 15.9 Å². The number of aryl methyl sites for hydroxylation is 2. The van der Waals surface area contributed by atoms with Crippen molar-refractivity contribution in [3.05, 3.63) is 58.1 Å². The Labute approximate surface area is 171 Å². The highest BCUT2D eigenvalue weighted by atomic mass is 35.5. The third-order valence-electron chi connectivity index (χ3n) is 4.22. The van der Waals surface area contributed by atoms with Gasteiger partial charge in [-0.05, 0) is 55.7 Å². The zero-order chi connectivity index (χ0) is 20.9. The normalized spacial score (nSPS) is 11.2. The molecule has 0 aliphatic heterocycles. The van der Waals surface area contributed by atoms with E-state index in [1.54, 1.807) is 25.1 Å². The number of anilines is 1. The van der Waals surface area contributed by atoms with E-state index in [4.69, 9.17) is 16.3 Å². The number of ether oxygens (including phenoxy) is 1. The molecule has 0 atom stereocenters. The Kier molecular flexibility index (Phi) is 7.32. The molecule has 28 heavy (non-hydrogen) atoms. The first-order valence-electron chi connectivity index (χ1n) is 8.79. The van der Waals surface area contributed by atoms with Crippen LogP contribution in [0.2, 0.25) is 5.02 Å². The molecule has 1 amide bonds. The number of amides is 1. The molecule has 0 fully saturated rings. The molecule has 0 aromatic heterocycles. The number of hydrogen-bond acceptors (Lipinski definition) is 4. The summed E-state index contributed by atoms with van der Waals surface area (Å²) in [4.78, 5) is 12.3. The van der Waals surface area contributed by atoms with Crippen molar-refractivity contribution < 1.29 is 17.9 Å². The lowest BCUT2D eigenvalue weighted by Gasteiger charge is -2.24. The second kappa shape index (κ2) is 9.30. The van der Waals surface area contributed by atoms with Crippen LogP contribution in [0.25, 0.3) is 0 Å². The first-order chi connectivity index (χ1) is 13.1. The van der Waals surface area contributed by atoms with Crippen molar-refractivity contribution in [3.8, 4) is 5.75 Å². The van der Waals surface area contributed by atoms with Crippen molar-refractivity contribution in [1.82, 2.24) is 5.32 Å². The number of sulfonamides is 1. The van der Waals surface area contributed by atoms with Gasteiger partial charge >= 0.3 is 0 Å². The molecule has 2 rings (SSSR count). The maximum Gasteiger partial charge on any atom is 0.240 e. The Morgan fingerprint density at radius 2 is 1.89 bits per heavy atom. The molecule has 1 N–H and O–H groups in total. The van der Waals surface area contributed by atoms with Gasteiger partial charge in [-0.2, -0.15) is 0 Å². The van der Waals surface area contributed by atoms with E-state index in [9.17, 15) is 13.2 Å². The standard InChI is InChI=1S/C20H25ClN2O4S/c1-14-8-9-15(2)19(12-14)27-11-10-22-20(24)13-23(28(4,25)26)18-7-5-6-17(21)16(18)3/h5-9,12H,10-11,13H2,1-4H3,(H,22,24). The molecule has 0 radical (unpaired) electrons. The number of hydrogen-bond donors (Lipinski definition) is 1. The summed E-state index contributed by atoms with van der Waals surface area (Å²) in [6.07, 6.45) is 1.06. The van der Waals surface area contributed by atoms with Crippen LogP contribution in [0.5, 0.6) is 5.75 Å². The average Bonchev–Trinajstić information content (AvgIpc) is 2.61. The van der Waals surface area contributed by atoms with E-state index in [-0.39, 0.29) is 19.7 Å². The zero-order valence-corrected chi connectivity index (χ0v) is 18.0. The minimum Gasteiger partial charge on any atom is -0.491 e. The molecule has 0 saturated heterocycles. The van der Waals surface area contributed by atoms with Crippen molar-refractivity contribution >= 4 is 33.2 Å². The molecule has 8 heteroatoms. The molecular weight excluding hydrogens is 400 g/mol. The first kappa shape index (κ1) is 22.0. The Morgan fingerprint density at radius 1 is 1.18 bits per heavy atom. The Morgan fingerprint density at radius 3 is 2.57 bits per heavy atom. The van der Waals surface area contributed by atoms with Gasteiger partial charge in [-0.1, -0.05) is 29.8 Å². The lowest BCUT2D eigenvalue weighted by molar-refractivity contribution is -0.119. The number of carbonyl (C=O) groups is 1. The first-order valence-corrected chi connectivity index (χ1v) is 11.0. The fourth-order valence-electron chi connectivity index (χ4n) is 2.65. The predicted molar refractivity (Wildman–Crippen MR) is 113 cm³/mol. The number of carbonyl (C=O) groups excluding carboxylic acids is 1. The van der Waals surface area contributed by atoms with Crippen LogP contribution in [0.3, 0.4) is 0 Å². The molecule has 6 nitrogen and oxygen atoms in total. The lowest BCUT2D eigenvalue weighted by Crippen LogP contribution is -2.41. The van der Waals surface area contributed by atoms with Crippen molar-refractivity contribution in [1.29, 1.82) is 0 Å². The van der Waals surface area contributed by atoms with Gasteiger partial charge in [-0.3, -0.25) is 9.10 Å². The summed E-state index contributed by atoms with van der Waals surface area (Å²) in [5.74, 6) is 0.343. The molecule has 0 aliphatic carbocycles. The smallest absolute Gasteiger partial charge is 0.240 e. The van der Waals surface area contributed by atoms with Gasteiger partial charge < -0.3 is 10.1 Å². The van der Waals surface area contributed by atoms with Crippen LogP contribution in [0.1, 0.15) is 16.7 Å². The lowest BCUT2D eigenvalue weighted by atomic mass is 10.1.